The summed E-state index contributed by atoms with van der Waals surface area (Å²) in [5.41, 5.74) is 6.75. The largest absolute Gasteiger partial charge is 0.320 e. The Morgan fingerprint density at radius 2 is 1.88 bits per heavy atom. The number of aryl methyl sites for hydroxylation is 2. The van der Waals surface area contributed by atoms with E-state index < -0.39 is 0 Å². The number of nitrogens with one attached hydrogen (secondary N) is 2. The second-order valence-corrected chi connectivity index (χ2v) is 6.83. The van der Waals surface area contributed by atoms with Crippen molar-refractivity contribution in [2.45, 2.75) is 20.3 Å². The molecule has 1 aliphatic rings. The fourth-order valence-electron chi connectivity index (χ4n) is 2.51. The number of hydrogen-bond donors (Lipinski definition) is 2. The van der Waals surface area contributed by atoms with E-state index in [1.54, 1.807) is 18.2 Å². The maximum atomic E-state index is 12.6. The Morgan fingerprint density at radius 1 is 1.16 bits per heavy atom. The first-order chi connectivity index (χ1) is 11.9. The topological polar surface area (TPSA) is 61.4 Å². The molecule has 3 rings (SSSR count). The highest BCUT2D eigenvalue weighted by Crippen LogP contribution is 2.22. The lowest BCUT2D eigenvalue weighted by atomic mass is 10.1. The summed E-state index contributed by atoms with van der Waals surface area (Å²) < 4.78 is 0.920. The molecule has 0 saturated carbocycles. The molecule has 0 atom stereocenters. The first-order valence-corrected chi connectivity index (χ1v) is 8.67. The van der Waals surface area contributed by atoms with Crippen molar-refractivity contribution in [3.05, 3.63) is 69.8 Å². The van der Waals surface area contributed by atoms with Crippen LogP contribution in [0.5, 0.6) is 0 Å². The van der Waals surface area contributed by atoms with Gasteiger partial charge in [-0.3, -0.25) is 15.0 Å². The minimum absolute atomic E-state index is 0.120. The Balaban J connectivity index is 1.78. The van der Waals surface area contributed by atoms with E-state index in [1.165, 1.54) is 5.01 Å². The number of anilines is 2. The third-order valence-electron chi connectivity index (χ3n) is 3.93. The Bertz CT molecular complexity index is 859. The van der Waals surface area contributed by atoms with E-state index in [-0.39, 0.29) is 18.2 Å². The van der Waals surface area contributed by atoms with E-state index in [2.05, 4.69) is 26.7 Å². The predicted octanol–water partition coefficient (Wildman–Crippen LogP) is 3.83. The van der Waals surface area contributed by atoms with Crippen LogP contribution < -0.4 is 15.8 Å². The minimum atomic E-state index is -0.275. The van der Waals surface area contributed by atoms with Gasteiger partial charge in [-0.15, -0.1) is 0 Å². The van der Waals surface area contributed by atoms with Crippen LogP contribution >= 0.6 is 15.9 Å². The van der Waals surface area contributed by atoms with Gasteiger partial charge in [0.2, 0.25) is 5.91 Å². The summed E-state index contributed by atoms with van der Waals surface area (Å²) in [6, 6.07) is 13.2. The number of rotatable bonds is 3. The normalized spacial score (nSPS) is 14.0. The molecule has 0 spiro atoms. The summed E-state index contributed by atoms with van der Waals surface area (Å²) in [6.07, 6.45) is 1.77. The van der Waals surface area contributed by atoms with Crippen LogP contribution in [0.4, 0.5) is 11.4 Å². The predicted molar refractivity (Wildman–Crippen MR) is 102 cm³/mol. The summed E-state index contributed by atoms with van der Waals surface area (Å²) in [6.45, 7) is 3.91. The Kier molecular flexibility index (Phi) is 4.90. The number of nitrogens with zero attached hydrogens (tertiary/aromatic N) is 1. The molecule has 1 heterocycles. The number of benzene rings is 2. The van der Waals surface area contributed by atoms with Crippen LogP contribution in [0.3, 0.4) is 0 Å². The van der Waals surface area contributed by atoms with Crippen LogP contribution in [0.25, 0.3) is 0 Å². The molecule has 5 nitrogen and oxygen atoms in total. The lowest BCUT2D eigenvalue weighted by Gasteiger charge is -2.28. The van der Waals surface area contributed by atoms with Gasteiger partial charge < -0.3 is 5.32 Å². The highest BCUT2D eigenvalue weighted by Gasteiger charge is 2.24. The summed E-state index contributed by atoms with van der Waals surface area (Å²) >= 11 is 3.37. The molecule has 0 aliphatic carbocycles. The van der Waals surface area contributed by atoms with Crippen molar-refractivity contribution in [1.29, 1.82) is 0 Å². The number of hydrazine groups is 1. The maximum absolute atomic E-state index is 12.6. The molecular weight excluding hydrogens is 382 g/mol. The fraction of sp³-hybridized carbons (Fsp3) is 0.158. The van der Waals surface area contributed by atoms with Crippen molar-refractivity contribution >= 4 is 39.1 Å². The molecule has 25 heavy (non-hydrogen) atoms. The Hall–Kier alpha value is -2.60. The van der Waals surface area contributed by atoms with Gasteiger partial charge in [0.05, 0.1) is 5.69 Å². The maximum Gasteiger partial charge on any atom is 0.273 e. The molecule has 2 aromatic rings. The van der Waals surface area contributed by atoms with Gasteiger partial charge in [0.1, 0.15) is 5.70 Å². The zero-order chi connectivity index (χ0) is 18.0. The quantitative estimate of drug-likeness (QED) is 0.824. The number of hydrogen-bond acceptors (Lipinski definition) is 3. The van der Waals surface area contributed by atoms with Gasteiger partial charge in [0.25, 0.3) is 5.91 Å². The van der Waals surface area contributed by atoms with E-state index in [9.17, 15) is 9.59 Å². The van der Waals surface area contributed by atoms with Gasteiger partial charge in [-0.2, -0.15) is 0 Å². The molecular formula is C19H18BrN3O2. The van der Waals surface area contributed by atoms with E-state index in [4.69, 9.17) is 0 Å². The van der Waals surface area contributed by atoms with E-state index in [0.29, 0.717) is 11.4 Å². The molecule has 1 aliphatic heterocycles. The SMILES string of the molecule is Cc1ccc(C)c(NC(=O)C2=CCC(=O)N(c3ccc(Br)cc3)N2)c1. The molecule has 0 radical (unpaired) electrons. The Morgan fingerprint density at radius 3 is 2.60 bits per heavy atom. The van der Waals surface area contributed by atoms with Crippen molar-refractivity contribution in [1.82, 2.24) is 5.43 Å². The first-order valence-electron chi connectivity index (χ1n) is 7.88. The highest BCUT2D eigenvalue weighted by atomic mass is 79.9. The monoisotopic (exact) mass is 399 g/mol. The first kappa shape index (κ1) is 17.2. The van der Waals surface area contributed by atoms with E-state index in [1.807, 2.05) is 44.2 Å². The van der Waals surface area contributed by atoms with E-state index >= 15 is 0 Å². The van der Waals surface area contributed by atoms with Crippen molar-refractivity contribution in [2.24, 2.45) is 0 Å². The number of carbonyl (C=O) groups excluding carboxylic acids is 2. The molecule has 0 bridgehead atoms. The van der Waals surface area contributed by atoms with Crippen LogP contribution in [-0.4, -0.2) is 11.8 Å². The number of halogens is 1. The smallest absolute Gasteiger partial charge is 0.273 e. The molecule has 2 aromatic carbocycles. The van der Waals surface area contributed by atoms with Crippen molar-refractivity contribution in [3.63, 3.8) is 0 Å². The van der Waals surface area contributed by atoms with Crippen LogP contribution in [-0.2, 0) is 9.59 Å². The average molecular weight is 400 g/mol. The molecule has 6 heteroatoms. The summed E-state index contributed by atoms with van der Waals surface area (Å²) in [5.74, 6) is -0.395. The highest BCUT2D eigenvalue weighted by molar-refractivity contribution is 9.10. The Labute approximate surface area is 154 Å². The summed E-state index contributed by atoms with van der Waals surface area (Å²) in [4.78, 5) is 24.8. The van der Waals surface area contributed by atoms with Crippen LogP contribution in [0.1, 0.15) is 17.5 Å². The molecule has 2 N–H and O–H groups in total. The number of carbonyl (C=O) groups is 2. The fourth-order valence-corrected chi connectivity index (χ4v) is 2.78. The van der Waals surface area contributed by atoms with Gasteiger partial charge >= 0.3 is 0 Å². The van der Waals surface area contributed by atoms with Crippen molar-refractivity contribution in [2.75, 3.05) is 10.3 Å². The second kappa shape index (κ2) is 7.11. The van der Waals surface area contributed by atoms with Crippen LogP contribution in [0.15, 0.2) is 58.7 Å². The zero-order valence-corrected chi connectivity index (χ0v) is 15.6. The molecule has 2 amide bonds. The van der Waals surface area contributed by atoms with Gasteiger partial charge in [0.15, 0.2) is 0 Å². The van der Waals surface area contributed by atoms with E-state index in [0.717, 1.165) is 21.3 Å². The second-order valence-electron chi connectivity index (χ2n) is 5.91. The third-order valence-corrected chi connectivity index (χ3v) is 4.46. The molecule has 0 saturated heterocycles. The lowest BCUT2D eigenvalue weighted by molar-refractivity contribution is -0.119. The van der Waals surface area contributed by atoms with Gasteiger partial charge in [-0.05, 0) is 61.4 Å². The summed E-state index contributed by atoms with van der Waals surface area (Å²) in [5, 5.41) is 4.29. The molecule has 0 fully saturated rings. The number of amides is 2. The minimum Gasteiger partial charge on any atom is -0.320 e. The van der Waals surface area contributed by atoms with Gasteiger partial charge in [-0.25, -0.2) is 5.01 Å². The lowest BCUT2D eigenvalue weighted by Crippen LogP contribution is -2.47. The molecule has 0 aromatic heterocycles. The van der Waals surface area contributed by atoms with Crippen LogP contribution in [0.2, 0.25) is 0 Å². The molecule has 0 unspecified atom stereocenters. The standard InChI is InChI=1S/C19H18BrN3O2/c1-12-3-4-13(2)17(11-12)21-19(25)16-9-10-18(24)23(22-16)15-7-5-14(20)6-8-15/h3-9,11,22H,10H2,1-2H3,(H,21,25). The third kappa shape index (κ3) is 3.91. The van der Waals surface area contributed by atoms with Gasteiger partial charge in [0, 0.05) is 16.6 Å². The average Bonchev–Trinajstić information content (AvgIpc) is 2.59. The zero-order valence-electron chi connectivity index (χ0n) is 14.0. The van der Waals surface area contributed by atoms with Crippen molar-refractivity contribution < 1.29 is 9.59 Å². The molecule has 128 valence electrons. The summed E-state index contributed by atoms with van der Waals surface area (Å²) in [7, 11) is 0. The van der Waals surface area contributed by atoms with Gasteiger partial charge in [-0.1, -0.05) is 28.1 Å². The van der Waals surface area contributed by atoms with Crippen LogP contribution in [0, 0.1) is 13.8 Å². The van der Waals surface area contributed by atoms with Crippen molar-refractivity contribution in [3.8, 4) is 0 Å².